The molecule has 0 fully saturated rings. The number of amides is 2. The maximum atomic E-state index is 11.9. The topological polar surface area (TPSA) is 95.5 Å². The number of hydrogen-bond donors (Lipinski definition) is 3. The Hall–Kier alpha value is -1.59. The van der Waals surface area contributed by atoms with Crippen LogP contribution in [0.4, 0.5) is 0 Å². The molecule has 0 bridgehead atoms. The van der Waals surface area contributed by atoms with Gasteiger partial charge < -0.3 is 15.7 Å². The lowest BCUT2D eigenvalue weighted by molar-refractivity contribution is -0.142. The van der Waals surface area contributed by atoms with Crippen LogP contribution in [0.2, 0.25) is 0 Å². The minimum Gasteiger partial charge on any atom is -0.480 e. The van der Waals surface area contributed by atoms with Crippen LogP contribution in [0, 0.1) is 0 Å². The molecule has 2 atom stereocenters. The van der Waals surface area contributed by atoms with Crippen molar-refractivity contribution in [2.45, 2.75) is 58.5 Å². The zero-order valence-corrected chi connectivity index (χ0v) is 11.2. The summed E-state index contributed by atoms with van der Waals surface area (Å²) in [5.74, 6) is -1.79. The van der Waals surface area contributed by atoms with Crippen molar-refractivity contribution in [2.75, 3.05) is 0 Å². The van der Waals surface area contributed by atoms with Gasteiger partial charge in [-0.05, 0) is 12.8 Å². The largest absolute Gasteiger partial charge is 0.480 e. The second-order valence-electron chi connectivity index (χ2n) is 4.23. The van der Waals surface area contributed by atoms with Crippen molar-refractivity contribution in [1.82, 2.24) is 10.6 Å². The van der Waals surface area contributed by atoms with E-state index in [1.807, 2.05) is 13.8 Å². The highest BCUT2D eigenvalue weighted by molar-refractivity contribution is 5.89. The van der Waals surface area contributed by atoms with Crippen LogP contribution in [-0.4, -0.2) is 35.0 Å². The molecule has 6 heteroatoms. The number of aliphatic carboxylic acids is 1. The highest BCUT2D eigenvalue weighted by Crippen LogP contribution is 2.01. The molecule has 0 aliphatic rings. The van der Waals surface area contributed by atoms with Crippen LogP contribution < -0.4 is 10.6 Å². The third kappa shape index (κ3) is 6.22. The van der Waals surface area contributed by atoms with E-state index in [-0.39, 0.29) is 5.91 Å². The molecule has 18 heavy (non-hydrogen) atoms. The van der Waals surface area contributed by atoms with Crippen molar-refractivity contribution in [1.29, 1.82) is 0 Å². The van der Waals surface area contributed by atoms with Crippen LogP contribution >= 0.6 is 0 Å². The van der Waals surface area contributed by atoms with E-state index in [2.05, 4.69) is 10.6 Å². The van der Waals surface area contributed by atoms with Crippen LogP contribution in [0.3, 0.4) is 0 Å². The average Bonchev–Trinajstić information content (AvgIpc) is 2.27. The van der Waals surface area contributed by atoms with Crippen LogP contribution in [0.5, 0.6) is 0 Å². The van der Waals surface area contributed by atoms with Crippen molar-refractivity contribution in [3.05, 3.63) is 0 Å². The summed E-state index contributed by atoms with van der Waals surface area (Å²) in [6.45, 7) is 5.07. The number of carbonyl (C=O) groups is 3. The molecule has 3 N–H and O–H groups in total. The first-order valence-corrected chi connectivity index (χ1v) is 6.22. The van der Waals surface area contributed by atoms with Gasteiger partial charge in [0.25, 0.3) is 0 Å². The molecule has 0 saturated carbocycles. The van der Waals surface area contributed by atoms with Gasteiger partial charge in [-0.3, -0.25) is 9.59 Å². The summed E-state index contributed by atoms with van der Waals surface area (Å²) in [5, 5.41) is 13.9. The smallest absolute Gasteiger partial charge is 0.326 e. The molecule has 0 aliphatic carbocycles. The molecule has 0 spiro atoms. The van der Waals surface area contributed by atoms with Gasteiger partial charge in [0.05, 0.1) is 0 Å². The summed E-state index contributed by atoms with van der Waals surface area (Å²) < 4.78 is 0. The van der Waals surface area contributed by atoms with Crippen molar-refractivity contribution in [3.63, 3.8) is 0 Å². The van der Waals surface area contributed by atoms with Gasteiger partial charge >= 0.3 is 5.97 Å². The first kappa shape index (κ1) is 16.4. The Morgan fingerprint density at radius 3 is 1.89 bits per heavy atom. The fourth-order valence-corrected chi connectivity index (χ4v) is 1.62. The summed E-state index contributed by atoms with van der Waals surface area (Å²) in [4.78, 5) is 33.8. The Bertz CT molecular complexity index is 304. The summed E-state index contributed by atoms with van der Waals surface area (Å²) in [6.07, 6.45) is 2.25. The normalized spacial score (nSPS) is 13.5. The average molecular weight is 258 g/mol. The van der Waals surface area contributed by atoms with Gasteiger partial charge in [-0.1, -0.05) is 26.7 Å². The number of rotatable bonds is 8. The molecule has 0 radical (unpaired) electrons. The van der Waals surface area contributed by atoms with Crippen molar-refractivity contribution in [2.24, 2.45) is 0 Å². The van der Waals surface area contributed by atoms with Gasteiger partial charge in [0.2, 0.25) is 11.8 Å². The number of hydrogen-bond acceptors (Lipinski definition) is 3. The zero-order valence-electron chi connectivity index (χ0n) is 11.2. The lowest BCUT2D eigenvalue weighted by atomic mass is 10.1. The molecule has 104 valence electrons. The van der Waals surface area contributed by atoms with Crippen LogP contribution in [-0.2, 0) is 14.4 Å². The lowest BCUT2D eigenvalue weighted by Crippen LogP contribution is -2.51. The third-order valence-electron chi connectivity index (χ3n) is 2.46. The van der Waals surface area contributed by atoms with E-state index in [1.165, 1.54) is 6.92 Å². The number of nitrogens with one attached hydrogen (secondary N) is 2. The highest BCUT2D eigenvalue weighted by atomic mass is 16.4. The molecule has 0 aromatic heterocycles. The Morgan fingerprint density at radius 2 is 1.50 bits per heavy atom. The fourth-order valence-electron chi connectivity index (χ4n) is 1.62. The third-order valence-corrected chi connectivity index (χ3v) is 2.46. The van der Waals surface area contributed by atoms with E-state index in [1.54, 1.807) is 0 Å². The predicted octanol–water partition coefficient (Wildman–Crippen LogP) is 0.661. The molecule has 0 aromatic carbocycles. The van der Waals surface area contributed by atoms with Gasteiger partial charge in [-0.2, -0.15) is 0 Å². The molecule has 6 nitrogen and oxygen atoms in total. The predicted molar refractivity (Wildman–Crippen MR) is 67.0 cm³/mol. The molecule has 2 unspecified atom stereocenters. The second kappa shape index (κ2) is 8.49. The van der Waals surface area contributed by atoms with Crippen molar-refractivity contribution >= 4 is 17.8 Å². The molecule has 0 aliphatic heterocycles. The molecule has 0 rings (SSSR count). The van der Waals surface area contributed by atoms with Gasteiger partial charge in [0, 0.05) is 6.92 Å². The van der Waals surface area contributed by atoms with E-state index in [9.17, 15) is 14.4 Å². The van der Waals surface area contributed by atoms with E-state index >= 15 is 0 Å². The van der Waals surface area contributed by atoms with Crippen LogP contribution in [0.1, 0.15) is 46.5 Å². The van der Waals surface area contributed by atoms with E-state index in [4.69, 9.17) is 5.11 Å². The minimum absolute atomic E-state index is 0.300. The Labute approximate surface area is 107 Å². The fraction of sp³-hybridized carbons (Fsp3) is 0.750. The zero-order chi connectivity index (χ0) is 14.1. The molecular weight excluding hydrogens is 236 g/mol. The summed E-state index contributed by atoms with van der Waals surface area (Å²) in [5.41, 5.74) is 0. The number of carbonyl (C=O) groups excluding carboxylic acids is 2. The lowest BCUT2D eigenvalue weighted by Gasteiger charge is -2.20. The second-order valence-corrected chi connectivity index (χ2v) is 4.23. The summed E-state index contributed by atoms with van der Waals surface area (Å²) in [6, 6.07) is -1.55. The Morgan fingerprint density at radius 1 is 1.00 bits per heavy atom. The molecule has 0 aromatic rings. The van der Waals surface area contributed by atoms with Gasteiger partial charge in [0.1, 0.15) is 12.1 Å². The quantitative estimate of drug-likeness (QED) is 0.596. The molecule has 0 saturated heterocycles. The Balaban J connectivity index is 4.55. The van der Waals surface area contributed by atoms with Crippen LogP contribution in [0.25, 0.3) is 0 Å². The molecule has 2 amide bonds. The number of carboxylic acid groups (broad SMARTS) is 1. The Kier molecular flexibility index (Phi) is 7.74. The first-order chi connectivity index (χ1) is 8.42. The summed E-state index contributed by atoms with van der Waals surface area (Å²) in [7, 11) is 0. The SMILES string of the molecule is CCCC(NC(=O)C(CCC)NC(C)=O)C(=O)O. The maximum Gasteiger partial charge on any atom is 0.326 e. The maximum absolute atomic E-state index is 11.9. The monoisotopic (exact) mass is 258 g/mol. The van der Waals surface area contributed by atoms with Gasteiger partial charge in [0.15, 0.2) is 0 Å². The minimum atomic E-state index is -1.05. The van der Waals surface area contributed by atoms with Gasteiger partial charge in [-0.25, -0.2) is 4.79 Å². The number of carboxylic acids is 1. The molecule has 0 heterocycles. The highest BCUT2D eigenvalue weighted by Gasteiger charge is 2.24. The molecular formula is C12H22N2O4. The van der Waals surface area contributed by atoms with Gasteiger partial charge in [-0.15, -0.1) is 0 Å². The van der Waals surface area contributed by atoms with Crippen molar-refractivity contribution < 1.29 is 19.5 Å². The summed E-state index contributed by atoms with van der Waals surface area (Å²) >= 11 is 0. The standard InChI is InChI=1S/C12H22N2O4/c1-4-6-9(13-8(3)15)11(16)14-10(7-5-2)12(17)18/h9-10H,4-7H2,1-3H3,(H,13,15)(H,14,16)(H,17,18). The van der Waals surface area contributed by atoms with E-state index in [0.29, 0.717) is 19.3 Å². The van der Waals surface area contributed by atoms with E-state index in [0.717, 1.165) is 6.42 Å². The van der Waals surface area contributed by atoms with Crippen LogP contribution in [0.15, 0.2) is 0 Å². The first-order valence-electron chi connectivity index (χ1n) is 6.22. The van der Waals surface area contributed by atoms with Crippen molar-refractivity contribution in [3.8, 4) is 0 Å². The van der Waals surface area contributed by atoms with E-state index < -0.39 is 24.0 Å².